The van der Waals surface area contributed by atoms with Gasteiger partial charge in [0.05, 0.1) is 47.0 Å². The van der Waals surface area contributed by atoms with Crippen molar-refractivity contribution in [2.24, 2.45) is 0 Å². The predicted octanol–water partition coefficient (Wildman–Crippen LogP) is 5.88. The van der Waals surface area contributed by atoms with E-state index in [1.807, 2.05) is 6.07 Å². The molecule has 6 heterocycles. The quantitative estimate of drug-likeness (QED) is 0.154. The van der Waals surface area contributed by atoms with Gasteiger partial charge in [-0.3, -0.25) is 28.3 Å². The third-order valence-corrected chi connectivity index (χ3v) is 18.5. The average Bonchev–Trinajstić information content (AvgIpc) is 4.20. The van der Waals surface area contributed by atoms with Gasteiger partial charge in [-0.15, -0.1) is 0 Å². The summed E-state index contributed by atoms with van der Waals surface area (Å²) in [5.74, 6) is -2.95. The maximum atomic E-state index is 14.6. The summed E-state index contributed by atoms with van der Waals surface area (Å²) in [6.45, 7) is 1.54. The molecule has 26 heteroatoms. The molecule has 2 saturated heterocycles. The number of benzene rings is 4. The van der Waals surface area contributed by atoms with Crippen molar-refractivity contribution in [3.8, 4) is 12.1 Å². The van der Waals surface area contributed by atoms with E-state index in [4.69, 9.17) is 46.4 Å². The lowest BCUT2D eigenvalue weighted by molar-refractivity contribution is -0.153. The molecule has 0 saturated carbocycles. The number of aromatic nitrogens is 4. The van der Waals surface area contributed by atoms with E-state index in [-0.39, 0.29) is 112 Å². The number of nitriles is 2. The van der Waals surface area contributed by atoms with Gasteiger partial charge < -0.3 is 9.80 Å². The second-order valence-electron chi connectivity index (χ2n) is 18.4. The number of rotatable bonds is 9. The van der Waals surface area contributed by atoms with Gasteiger partial charge in [-0.05, 0) is 85.6 Å². The van der Waals surface area contributed by atoms with Gasteiger partial charge in [0, 0.05) is 78.9 Å². The molecule has 10 rings (SSSR count). The highest BCUT2D eigenvalue weighted by molar-refractivity contribution is 7.89. The first-order chi connectivity index (χ1) is 35.6. The van der Waals surface area contributed by atoms with Gasteiger partial charge in [-0.2, -0.15) is 19.1 Å². The van der Waals surface area contributed by atoms with E-state index in [0.717, 1.165) is 21.0 Å². The third kappa shape index (κ3) is 8.59. The van der Waals surface area contributed by atoms with E-state index >= 15 is 0 Å². The van der Waals surface area contributed by atoms with Crippen LogP contribution in [0.25, 0.3) is 0 Å². The number of sulfonamides is 2. The molecule has 2 fully saturated rings. The molecule has 0 radical (unpaired) electrons. The van der Waals surface area contributed by atoms with Gasteiger partial charge in [0.1, 0.15) is 5.54 Å². The van der Waals surface area contributed by atoms with Crippen molar-refractivity contribution in [1.82, 2.24) is 37.5 Å². The Bertz CT molecular complexity index is 3670. The fraction of sp³-hybridized carbons (Fsp3) is 0.265. The third-order valence-electron chi connectivity index (χ3n) is 13.9. The zero-order chi connectivity index (χ0) is 53.5. The second kappa shape index (κ2) is 19.1. The normalized spacial score (nSPS) is 20.3. The van der Waals surface area contributed by atoms with Crippen LogP contribution in [0.1, 0.15) is 36.1 Å². The number of nitrogens with zero attached hydrogens (tertiary/aromatic N) is 12. The molecular formula is C49H40Cl4N12O8S2. The van der Waals surface area contributed by atoms with Crippen LogP contribution in [0.5, 0.6) is 0 Å². The fourth-order valence-electron chi connectivity index (χ4n) is 10.0. The molecule has 0 spiro atoms. The molecular weight excluding hydrogens is 1090 g/mol. The number of halogens is 4. The molecule has 4 aliphatic rings. The fourth-order valence-corrected chi connectivity index (χ4v) is 14.2. The van der Waals surface area contributed by atoms with Gasteiger partial charge in [-0.1, -0.05) is 70.7 Å². The lowest BCUT2D eigenvalue weighted by atomic mass is 9.90. The number of fused-ring (bicyclic) bond motifs is 2. The summed E-state index contributed by atoms with van der Waals surface area (Å²) < 4.78 is 63.5. The van der Waals surface area contributed by atoms with Crippen LogP contribution in [-0.4, -0.2) is 130 Å². The molecule has 0 unspecified atom stereocenters. The number of imidazole rings is 2. The van der Waals surface area contributed by atoms with Crippen LogP contribution in [0.15, 0.2) is 107 Å². The van der Waals surface area contributed by atoms with Crippen molar-refractivity contribution >= 4 is 113 Å². The standard InChI is InChI=1S/C49H40Cl4N12O8S2/c1-48(25-30-3-5-31(26-54)6-4-30)44(68)62(38-21-34(50)19-35(51)22-38)46-56-28-40(64(46)48)74(70,71)60-15-11-58(12-16-60)42(66)43(67)59-13-17-61(18-14-59)75(72,73)41-29-57-47-63(39-23-36(52)20-37(53)24-39)45(69)49(2,65(41)47)33-9-7-32(27-55)8-10-33/h3-10,19-24,28-29H,11-18,25H2,1-2H3/t48-,49-/m1/s1. The van der Waals surface area contributed by atoms with Crippen LogP contribution in [-0.2, 0) is 56.7 Å². The van der Waals surface area contributed by atoms with Gasteiger partial charge >= 0.3 is 11.8 Å². The molecule has 0 aliphatic carbocycles. The smallest absolute Gasteiger partial charge is 0.312 e. The number of hydrogen-bond acceptors (Lipinski definition) is 12. The Morgan fingerprint density at radius 3 is 1.39 bits per heavy atom. The monoisotopic (exact) mass is 1130 g/mol. The van der Waals surface area contributed by atoms with Crippen LogP contribution >= 0.6 is 46.4 Å². The summed E-state index contributed by atoms with van der Waals surface area (Å²) >= 11 is 25.4. The largest absolute Gasteiger partial charge is 0.332 e. The number of hydrogen-bond donors (Lipinski definition) is 0. The molecule has 4 amide bonds. The highest BCUT2D eigenvalue weighted by atomic mass is 35.5. The highest BCUT2D eigenvalue weighted by Gasteiger charge is 2.55. The Kier molecular flexibility index (Phi) is 13.1. The lowest BCUT2D eigenvalue weighted by Crippen LogP contribution is -2.57. The minimum Gasteiger partial charge on any atom is -0.332 e. The molecule has 4 aliphatic heterocycles. The van der Waals surface area contributed by atoms with E-state index in [1.54, 1.807) is 50.2 Å². The molecule has 20 nitrogen and oxygen atoms in total. The molecule has 2 aromatic heterocycles. The number of amides is 4. The summed E-state index contributed by atoms with van der Waals surface area (Å²) in [6, 6.07) is 25.8. The van der Waals surface area contributed by atoms with Crippen LogP contribution in [0.2, 0.25) is 20.1 Å². The van der Waals surface area contributed by atoms with Crippen molar-refractivity contribution in [1.29, 1.82) is 10.5 Å². The van der Waals surface area contributed by atoms with Crippen LogP contribution in [0.4, 0.5) is 23.3 Å². The summed E-state index contributed by atoms with van der Waals surface area (Å²) in [6.07, 6.45) is 2.31. The lowest BCUT2D eigenvalue weighted by Gasteiger charge is -2.37. The van der Waals surface area contributed by atoms with E-state index in [2.05, 4.69) is 16.0 Å². The molecule has 4 aromatic carbocycles. The summed E-state index contributed by atoms with van der Waals surface area (Å²) in [5.41, 5.74) is -1.07. The number of piperazine rings is 2. The summed E-state index contributed by atoms with van der Waals surface area (Å²) in [4.78, 5) is 70.6. The van der Waals surface area contributed by atoms with E-state index in [9.17, 15) is 46.5 Å². The van der Waals surface area contributed by atoms with Gasteiger partial charge in [0.15, 0.2) is 15.6 Å². The van der Waals surface area contributed by atoms with Crippen molar-refractivity contribution in [3.63, 3.8) is 0 Å². The molecule has 0 N–H and O–H groups in total. The van der Waals surface area contributed by atoms with Crippen molar-refractivity contribution < 1.29 is 36.0 Å². The Morgan fingerprint density at radius 2 is 0.960 bits per heavy atom. The van der Waals surface area contributed by atoms with E-state index < -0.39 is 54.8 Å². The SMILES string of the molecule is C[C@@]1(c2ccc(C#N)cc2)C(=O)N(c2cc(Cl)cc(Cl)c2)c2ncc(S(=O)(=O)N3CCN(C(=O)C(=O)N4CCN(S(=O)(=O)c5cnc6n5[C@](C)(Cc5ccc(C#N)cc5)C(=O)N6c5cc(Cl)cc(Cl)c5)CC4)CC3)n21. The topological polar surface area (TPSA) is 239 Å². The van der Waals surface area contributed by atoms with Gasteiger partial charge in [0.2, 0.25) is 11.9 Å². The van der Waals surface area contributed by atoms with E-state index in [1.165, 1.54) is 77.3 Å². The first kappa shape index (κ1) is 51.6. The van der Waals surface area contributed by atoms with Crippen LogP contribution in [0.3, 0.4) is 0 Å². The predicted molar refractivity (Wildman–Crippen MR) is 275 cm³/mol. The molecule has 384 valence electrons. The number of carbonyl (C=O) groups excluding carboxylic acids is 4. The zero-order valence-corrected chi connectivity index (χ0v) is 44.2. The minimum absolute atomic E-state index is 0.00246. The van der Waals surface area contributed by atoms with Gasteiger partial charge in [0.25, 0.3) is 31.9 Å². The van der Waals surface area contributed by atoms with Gasteiger partial charge in [-0.25, -0.2) is 36.6 Å². The minimum atomic E-state index is -4.46. The zero-order valence-electron chi connectivity index (χ0n) is 39.6. The Morgan fingerprint density at radius 1 is 0.573 bits per heavy atom. The summed E-state index contributed by atoms with van der Waals surface area (Å²) in [5, 5.41) is 19.1. The maximum absolute atomic E-state index is 14.6. The van der Waals surface area contributed by atoms with Crippen molar-refractivity contribution in [2.45, 2.75) is 41.4 Å². The van der Waals surface area contributed by atoms with Crippen LogP contribution in [0, 0.1) is 22.7 Å². The molecule has 6 aromatic rings. The Labute approximate surface area is 450 Å². The first-order valence-corrected chi connectivity index (χ1v) is 27.4. The Balaban J connectivity index is 0.845. The molecule has 75 heavy (non-hydrogen) atoms. The summed E-state index contributed by atoms with van der Waals surface area (Å²) in [7, 11) is -8.89. The molecule has 2 atom stereocenters. The molecule has 0 bridgehead atoms. The first-order valence-electron chi connectivity index (χ1n) is 23.0. The van der Waals surface area contributed by atoms with E-state index in [0.29, 0.717) is 22.3 Å². The highest BCUT2D eigenvalue weighted by Crippen LogP contribution is 2.48. The average molecular weight is 1130 g/mol. The van der Waals surface area contributed by atoms with Crippen molar-refractivity contribution in [2.75, 3.05) is 62.2 Å². The number of carbonyl (C=O) groups is 4. The van der Waals surface area contributed by atoms with Crippen molar-refractivity contribution in [3.05, 3.63) is 140 Å². The maximum Gasteiger partial charge on any atom is 0.312 e. The van der Waals surface area contributed by atoms with Crippen LogP contribution < -0.4 is 9.80 Å². The number of anilines is 4. The Hall–Kier alpha value is -6.86. The second-order valence-corrected chi connectivity index (χ2v) is 23.9.